The molecule has 3 amide bonds. The lowest BCUT2D eigenvalue weighted by Gasteiger charge is -2.42. The van der Waals surface area contributed by atoms with Crippen molar-refractivity contribution in [1.29, 1.82) is 0 Å². The maximum Gasteiger partial charge on any atom is 0.248 e. The van der Waals surface area contributed by atoms with E-state index in [1.165, 1.54) is 6.42 Å². The maximum atomic E-state index is 14.5. The highest BCUT2D eigenvalue weighted by atomic mass is 16.5. The van der Waals surface area contributed by atoms with Crippen molar-refractivity contribution in [3.63, 3.8) is 0 Å². The van der Waals surface area contributed by atoms with Crippen molar-refractivity contribution in [2.45, 2.75) is 101 Å². The van der Waals surface area contributed by atoms with E-state index in [-0.39, 0.29) is 36.5 Å². The summed E-state index contributed by atoms with van der Waals surface area (Å²) in [6.45, 7) is 12.8. The van der Waals surface area contributed by atoms with E-state index >= 15 is 0 Å². The van der Waals surface area contributed by atoms with Gasteiger partial charge in [-0.3, -0.25) is 14.4 Å². The molecule has 2 bridgehead atoms. The Morgan fingerprint density at radius 2 is 1.84 bits per heavy atom. The molecule has 4 aliphatic rings. The summed E-state index contributed by atoms with van der Waals surface area (Å²) < 4.78 is 6.62. The smallest absolute Gasteiger partial charge is 0.248 e. The van der Waals surface area contributed by atoms with Crippen LogP contribution >= 0.6 is 0 Å². The molecule has 3 heterocycles. The van der Waals surface area contributed by atoms with Crippen LogP contribution in [0.25, 0.3) is 0 Å². The van der Waals surface area contributed by atoms with E-state index in [1.807, 2.05) is 18.7 Å². The van der Waals surface area contributed by atoms with Gasteiger partial charge in [-0.2, -0.15) is 0 Å². The number of aliphatic hydroxyl groups is 1. The average molecular weight is 516 g/mol. The molecule has 1 spiro atoms. The summed E-state index contributed by atoms with van der Waals surface area (Å²) >= 11 is 0. The number of carbonyl (C=O) groups excluding carboxylic acids is 3. The van der Waals surface area contributed by atoms with Crippen LogP contribution in [0.3, 0.4) is 0 Å². The maximum absolute atomic E-state index is 14.5. The monoisotopic (exact) mass is 515 g/mol. The Morgan fingerprint density at radius 1 is 1.14 bits per heavy atom. The summed E-state index contributed by atoms with van der Waals surface area (Å²) in [7, 11) is 0. The quantitative estimate of drug-likeness (QED) is 0.404. The van der Waals surface area contributed by atoms with E-state index < -0.39 is 29.5 Å². The summed E-state index contributed by atoms with van der Waals surface area (Å²) in [4.78, 5) is 47.8. The van der Waals surface area contributed by atoms with Crippen LogP contribution in [0.5, 0.6) is 0 Å². The van der Waals surface area contributed by atoms with Crippen LogP contribution in [0.15, 0.2) is 25.3 Å². The van der Waals surface area contributed by atoms with Crippen LogP contribution in [-0.2, 0) is 19.1 Å². The number of hydrogen-bond acceptors (Lipinski definition) is 5. The van der Waals surface area contributed by atoms with E-state index in [0.717, 1.165) is 32.1 Å². The summed E-state index contributed by atoms with van der Waals surface area (Å²) in [5, 5.41) is 10.3. The molecule has 0 aromatic carbocycles. The fourth-order valence-electron chi connectivity index (χ4n) is 7.49. The minimum Gasteiger partial charge on any atom is -0.394 e. The third kappa shape index (κ3) is 4.65. The van der Waals surface area contributed by atoms with Gasteiger partial charge in [0.05, 0.1) is 30.6 Å². The van der Waals surface area contributed by atoms with E-state index in [9.17, 15) is 19.5 Å². The third-order valence-corrected chi connectivity index (χ3v) is 9.11. The largest absolute Gasteiger partial charge is 0.394 e. The molecule has 3 saturated heterocycles. The highest BCUT2D eigenvalue weighted by Crippen LogP contribution is 2.59. The first-order valence-electron chi connectivity index (χ1n) is 14.3. The van der Waals surface area contributed by atoms with Gasteiger partial charge < -0.3 is 24.5 Å². The van der Waals surface area contributed by atoms with Crippen LogP contribution < -0.4 is 0 Å². The molecule has 0 aromatic heterocycles. The minimum absolute atomic E-state index is 0.0907. The second-order valence-electron chi connectivity index (χ2n) is 11.2. The zero-order valence-corrected chi connectivity index (χ0v) is 22.6. The first kappa shape index (κ1) is 27.8. The molecule has 1 saturated carbocycles. The predicted octanol–water partition coefficient (Wildman–Crippen LogP) is 2.90. The number of carbonyl (C=O) groups is 3. The van der Waals surface area contributed by atoms with Crippen molar-refractivity contribution < 1.29 is 24.2 Å². The number of amides is 3. The Balaban J connectivity index is 1.75. The molecule has 37 heavy (non-hydrogen) atoms. The predicted molar refractivity (Wildman–Crippen MR) is 141 cm³/mol. The molecule has 8 nitrogen and oxygen atoms in total. The number of fused-ring (bicyclic) bond motifs is 1. The molecule has 4 fully saturated rings. The van der Waals surface area contributed by atoms with Gasteiger partial charge in [-0.1, -0.05) is 45.3 Å². The third-order valence-electron chi connectivity index (χ3n) is 9.11. The molecule has 2 unspecified atom stereocenters. The Hall–Kier alpha value is -2.19. The number of likely N-dealkylation sites (tertiary alicyclic amines) is 1. The number of aliphatic hydroxyl groups excluding tert-OH is 1. The van der Waals surface area contributed by atoms with E-state index in [0.29, 0.717) is 38.9 Å². The van der Waals surface area contributed by atoms with Crippen LogP contribution in [0.2, 0.25) is 0 Å². The van der Waals surface area contributed by atoms with Crippen molar-refractivity contribution >= 4 is 17.7 Å². The number of ether oxygens (including phenoxy) is 1. The average Bonchev–Trinajstić information content (AvgIpc) is 3.55. The first-order valence-corrected chi connectivity index (χ1v) is 14.3. The topological polar surface area (TPSA) is 90.4 Å². The SMILES string of the molecule is C=CCN(CCC)C(=O)[C@@H]1[C@H]2C(=O)N([C@@H](CC)CO)C(C(=O)N(CC=C)C3CCCCC3)C23CC[C@H]1O3. The van der Waals surface area contributed by atoms with Crippen molar-refractivity contribution in [3.05, 3.63) is 25.3 Å². The number of rotatable bonds is 12. The Morgan fingerprint density at radius 3 is 2.43 bits per heavy atom. The second-order valence-corrected chi connectivity index (χ2v) is 11.2. The number of hydrogen-bond donors (Lipinski definition) is 1. The van der Waals surface area contributed by atoms with Crippen LogP contribution in [0.1, 0.15) is 71.6 Å². The number of nitrogens with zero attached hydrogens (tertiary/aromatic N) is 3. The van der Waals surface area contributed by atoms with Gasteiger partial charge in [-0.05, 0) is 38.5 Å². The molecule has 8 heteroatoms. The van der Waals surface area contributed by atoms with Gasteiger partial charge in [0.15, 0.2) is 0 Å². The second kappa shape index (κ2) is 11.7. The highest BCUT2D eigenvalue weighted by molar-refractivity contribution is 5.99. The minimum atomic E-state index is -1.04. The Bertz CT molecular complexity index is 883. The van der Waals surface area contributed by atoms with Crippen molar-refractivity contribution in [2.24, 2.45) is 11.8 Å². The standard InChI is InChI=1S/C29H45N3O5/c1-5-16-30(17-6-2)26(34)23-22-14-15-29(37-22)24(23)27(35)32(20(8-4)19-33)25(29)28(36)31(18-7-3)21-12-10-9-11-13-21/h5,7,20-25,33H,1,3,6,8-19H2,2,4H3/t20-,22+,23-,24-,25?,29?/m0/s1. The van der Waals surface area contributed by atoms with Crippen LogP contribution in [-0.4, -0.2) is 93.6 Å². The van der Waals surface area contributed by atoms with Crippen LogP contribution in [0, 0.1) is 11.8 Å². The molecule has 1 N–H and O–H groups in total. The Labute approximate surface area is 221 Å². The first-order chi connectivity index (χ1) is 17.9. The summed E-state index contributed by atoms with van der Waals surface area (Å²) in [6.07, 6.45) is 10.8. The molecular weight excluding hydrogens is 470 g/mol. The molecule has 206 valence electrons. The fourth-order valence-corrected chi connectivity index (χ4v) is 7.49. The molecule has 1 aliphatic carbocycles. The lowest BCUT2D eigenvalue weighted by molar-refractivity contribution is -0.153. The van der Waals surface area contributed by atoms with Gasteiger partial charge >= 0.3 is 0 Å². The summed E-state index contributed by atoms with van der Waals surface area (Å²) in [6, 6.07) is -1.24. The van der Waals surface area contributed by atoms with Gasteiger partial charge in [-0.25, -0.2) is 0 Å². The molecule has 4 rings (SSSR count). The molecule has 6 atom stereocenters. The van der Waals surface area contributed by atoms with Gasteiger partial charge in [-0.15, -0.1) is 13.2 Å². The zero-order chi connectivity index (χ0) is 26.7. The van der Waals surface area contributed by atoms with Gasteiger partial charge in [0.2, 0.25) is 17.7 Å². The molecule has 0 aromatic rings. The summed E-state index contributed by atoms with van der Waals surface area (Å²) in [5.74, 6) is -1.77. The normalized spacial score (nSPS) is 31.8. The molecular formula is C29H45N3O5. The van der Waals surface area contributed by atoms with E-state index in [1.54, 1.807) is 22.0 Å². The molecule has 0 radical (unpaired) electrons. The Kier molecular flexibility index (Phi) is 8.79. The lowest BCUT2D eigenvalue weighted by atomic mass is 9.70. The highest BCUT2D eigenvalue weighted by Gasteiger charge is 2.75. The fraction of sp³-hybridized carbons (Fsp3) is 0.759. The van der Waals surface area contributed by atoms with Crippen molar-refractivity contribution in [1.82, 2.24) is 14.7 Å². The van der Waals surface area contributed by atoms with Crippen molar-refractivity contribution in [3.8, 4) is 0 Å². The lowest BCUT2D eigenvalue weighted by Crippen LogP contribution is -2.60. The van der Waals surface area contributed by atoms with Gasteiger partial charge in [0.25, 0.3) is 0 Å². The van der Waals surface area contributed by atoms with Crippen LogP contribution in [0.4, 0.5) is 0 Å². The zero-order valence-electron chi connectivity index (χ0n) is 22.6. The van der Waals surface area contributed by atoms with E-state index in [2.05, 4.69) is 13.2 Å². The molecule has 3 aliphatic heterocycles. The van der Waals surface area contributed by atoms with E-state index in [4.69, 9.17) is 4.74 Å². The van der Waals surface area contributed by atoms with Gasteiger partial charge in [0, 0.05) is 25.7 Å². The van der Waals surface area contributed by atoms with Crippen molar-refractivity contribution in [2.75, 3.05) is 26.2 Å². The summed E-state index contributed by atoms with van der Waals surface area (Å²) in [5.41, 5.74) is -1.04. The van der Waals surface area contributed by atoms with Gasteiger partial charge in [0.1, 0.15) is 11.6 Å².